The van der Waals surface area contributed by atoms with E-state index in [1.807, 2.05) is 6.92 Å². The second-order valence-electron chi connectivity index (χ2n) is 4.33. The van der Waals surface area contributed by atoms with Crippen molar-refractivity contribution >= 4 is 17.2 Å². The smallest absolute Gasteiger partial charge is 0.236 e. The number of carbonyl (C=O) groups is 1. The Kier molecular flexibility index (Phi) is 3.61. The van der Waals surface area contributed by atoms with Gasteiger partial charge >= 0.3 is 0 Å². The van der Waals surface area contributed by atoms with Gasteiger partial charge in [-0.25, -0.2) is 0 Å². The van der Waals surface area contributed by atoms with E-state index >= 15 is 0 Å². The van der Waals surface area contributed by atoms with E-state index in [0.29, 0.717) is 12.0 Å². The highest BCUT2D eigenvalue weighted by molar-refractivity contribution is 7.10. The molecule has 1 aliphatic carbocycles. The van der Waals surface area contributed by atoms with E-state index in [9.17, 15) is 4.79 Å². The number of likely N-dealkylation sites (N-methyl/N-ethyl adjacent to an activating group) is 1. The summed E-state index contributed by atoms with van der Waals surface area (Å²) >= 11 is 1.77. The lowest BCUT2D eigenvalue weighted by atomic mass is 10.1. The van der Waals surface area contributed by atoms with Gasteiger partial charge in [-0.1, -0.05) is 6.07 Å². The molecule has 0 bridgehead atoms. The van der Waals surface area contributed by atoms with Crippen molar-refractivity contribution in [2.45, 2.75) is 31.8 Å². The Balaban J connectivity index is 2.01. The second kappa shape index (κ2) is 4.97. The average Bonchev–Trinajstić information content (AvgIpc) is 2.99. The minimum atomic E-state index is -0.127. The van der Waals surface area contributed by atoms with Gasteiger partial charge in [0.15, 0.2) is 0 Å². The second-order valence-corrected chi connectivity index (χ2v) is 5.31. The van der Waals surface area contributed by atoms with E-state index in [2.05, 4.69) is 28.1 Å². The van der Waals surface area contributed by atoms with Crippen LogP contribution in [0.5, 0.6) is 0 Å². The van der Waals surface area contributed by atoms with E-state index in [-0.39, 0.29) is 11.9 Å². The van der Waals surface area contributed by atoms with Crippen LogP contribution >= 0.6 is 11.3 Å². The molecule has 2 N–H and O–H groups in total. The largest absolute Gasteiger partial charge is 0.358 e. The molecule has 1 aromatic rings. The van der Waals surface area contributed by atoms with Crippen molar-refractivity contribution in [3.05, 3.63) is 22.4 Å². The van der Waals surface area contributed by atoms with Crippen LogP contribution in [0.3, 0.4) is 0 Å². The molecule has 2 atom stereocenters. The predicted molar refractivity (Wildman–Crippen MR) is 66.4 cm³/mol. The predicted octanol–water partition coefficient (Wildman–Crippen LogP) is 1.92. The zero-order chi connectivity index (χ0) is 11.5. The number of hydrogen-bond donors (Lipinski definition) is 2. The molecule has 0 radical (unpaired) electrons. The van der Waals surface area contributed by atoms with Crippen LogP contribution in [0, 0.1) is 5.92 Å². The van der Waals surface area contributed by atoms with Crippen molar-refractivity contribution in [1.29, 1.82) is 0 Å². The van der Waals surface area contributed by atoms with E-state index in [1.165, 1.54) is 17.7 Å². The van der Waals surface area contributed by atoms with Crippen molar-refractivity contribution < 1.29 is 4.79 Å². The van der Waals surface area contributed by atoms with Crippen molar-refractivity contribution in [3.63, 3.8) is 0 Å². The van der Waals surface area contributed by atoms with Crippen LogP contribution in [0.25, 0.3) is 0 Å². The summed E-state index contributed by atoms with van der Waals surface area (Å²) < 4.78 is 0. The Morgan fingerprint density at radius 3 is 2.81 bits per heavy atom. The van der Waals surface area contributed by atoms with Gasteiger partial charge in [0, 0.05) is 18.0 Å². The Labute approximate surface area is 100 Å². The molecule has 4 heteroatoms. The van der Waals surface area contributed by atoms with E-state index in [4.69, 9.17) is 0 Å². The van der Waals surface area contributed by atoms with Crippen molar-refractivity contribution in [1.82, 2.24) is 10.6 Å². The van der Waals surface area contributed by atoms with Crippen LogP contribution in [0.15, 0.2) is 17.5 Å². The fourth-order valence-corrected chi connectivity index (χ4v) is 2.79. The normalized spacial score (nSPS) is 19.1. The first-order valence-electron chi connectivity index (χ1n) is 5.73. The molecule has 1 amide bonds. The Morgan fingerprint density at radius 2 is 2.31 bits per heavy atom. The molecule has 0 saturated heterocycles. The monoisotopic (exact) mass is 238 g/mol. The third-order valence-electron chi connectivity index (χ3n) is 3.01. The van der Waals surface area contributed by atoms with Crippen molar-refractivity contribution in [2.24, 2.45) is 5.92 Å². The van der Waals surface area contributed by atoms with E-state index in [1.54, 1.807) is 18.4 Å². The van der Waals surface area contributed by atoms with Gasteiger partial charge in [0.25, 0.3) is 0 Å². The van der Waals surface area contributed by atoms with Gasteiger partial charge in [0.1, 0.15) is 0 Å². The van der Waals surface area contributed by atoms with Crippen LogP contribution in [0.2, 0.25) is 0 Å². The van der Waals surface area contributed by atoms with Gasteiger partial charge in [-0.05, 0) is 37.1 Å². The van der Waals surface area contributed by atoms with Gasteiger partial charge in [0.2, 0.25) is 5.91 Å². The minimum Gasteiger partial charge on any atom is -0.358 e. The standard InChI is InChI=1S/C12H18N2OS/c1-8(12(15)13-2)14-11(9-5-6-9)10-4-3-7-16-10/h3-4,7-9,11,14H,5-6H2,1-2H3,(H,13,15). The van der Waals surface area contributed by atoms with Gasteiger partial charge in [-0.15, -0.1) is 11.3 Å². The Hall–Kier alpha value is -0.870. The molecule has 1 heterocycles. The Morgan fingerprint density at radius 1 is 1.56 bits per heavy atom. The van der Waals surface area contributed by atoms with Gasteiger partial charge < -0.3 is 5.32 Å². The quantitative estimate of drug-likeness (QED) is 0.823. The molecule has 2 rings (SSSR count). The maximum Gasteiger partial charge on any atom is 0.236 e. The topological polar surface area (TPSA) is 41.1 Å². The molecular formula is C12H18N2OS. The maximum atomic E-state index is 11.5. The number of nitrogens with one attached hydrogen (secondary N) is 2. The summed E-state index contributed by atoms with van der Waals surface area (Å²) in [6.07, 6.45) is 2.55. The summed E-state index contributed by atoms with van der Waals surface area (Å²) in [6, 6.07) is 4.45. The molecule has 1 aliphatic rings. The fourth-order valence-electron chi connectivity index (χ4n) is 1.91. The first-order chi connectivity index (χ1) is 7.72. The van der Waals surface area contributed by atoms with E-state index in [0.717, 1.165) is 0 Å². The van der Waals surface area contributed by atoms with Crippen molar-refractivity contribution in [2.75, 3.05) is 7.05 Å². The summed E-state index contributed by atoms with van der Waals surface area (Å²) in [5, 5.41) is 8.20. The Bertz CT molecular complexity index is 346. The molecule has 1 saturated carbocycles. The van der Waals surface area contributed by atoms with Crippen molar-refractivity contribution in [3.8, 4) is 0 Å². The number of hydrogen-bond acceptors (Lipinski definition) is 3. The number of rotatable bonds is 5. The third kappa shape index (κ3) is 2.62. The first-order valence-corrected chi connectivity index (χ1v) is 6.61. The van der Waals surface area contributed by atoms with Crippen LogP contribution in [-0.2, 0) is 4.79 Å². The molecule has 3 nitrogen and oxygen atoms in total. The summed E-state index contributed by atoms with van der Waals surface area (Å²) in [4.78, 5) is 12.8. The highest BCUT2D eigenvalue weighted by Gasteiger charge is 2.34. The highest BCUT2D eigenvalue weighted by Crippen LogP contribution is 2.42. The van der Waals surface area contributed by atoms with Gasteiger partial charge in [-0.2, -0.15) is 0 Å². The van der Waals surface area contributed by atoms with E-state index < -0.39 is 0 Å². The third-order valence-corrected chi connectivity index (χ3v) is 3.97. The lowest BCUT2D eigenvalue weighted by Gasteiger charge is -2.21. The molecule has 1 fully saturated rings. The summed E-state index contributed by atoms with van der Waals surface area (Å²) in [6.45, 7) is 1.92. The number of amides is 1. The van der Waals surface area contributed by atoms with Crippen LogP contribution in [-0.4, -0.2) is 19.0 Å². The molecule has 0 aliphatic heterocycles. The lowest BCUT2D eigenvalue weighted by Crippen LogP contribution is -2.42. The number of thiophene rings is 1. The molecule has 2 unspecified atom stereocenters. The molecule has 16 heavy (non-hydrogen) atoms. The van der Waals surface area contributed by atoms with Gasteiger partial charge in [0.05, 0.1) is 6.04 Å². The number of carbonyl (C=O) groups excluding carboxylic acids is 1. The van der Waals surface area contributed by atoms with Crippen LogP contribution in [0.4, 0.5) is 0 Å². The summed E-state index contributed by atoms with van der Waals surface area (Å²) in [5.41, 5.74) is 0. The molecule has 88 valence electrons. The molecule has 0 spiro atoms. The van der Waals surface area contributed by atoms with Crippen LogP contribution < -0.4 is 10.6 Å². The average molecular weight is 238 g/mol. The molecule has 1 aromatic heterocycles. The SMILES string of the molecule is CNC(=O)C(C)NC(c1cccs1)C1CC1. The zero-order valence-electron chi connectivity index (χ0n) is 9.69. The lowest BCUT2D eigenvalue weighted by molar-refractivity contribution is -0.122. The van der Waals surface area contributed by atoms with Crippen LogP contribution in [0.1, 0.15) is 30.7 Å². The molecular weight excluding hydrogens is 220 g/mol. The zero-order valence-corrected chi connectivity index (χ0v) is 10.5. The minimum absolute atomic E-state index is 0.0576. The fraction of sp³-hybridized carbons (Fsp3) is 0.583. The maximum absolute atomic E-state index is 11.5. The highest BCUT2D eigenvalue weighted by atomic mass is 32.1. The summed E-state index contributed by atoms with van der Waals surface area (Å²) in [5.74, 6) is 0.771. The molecule has 0 aromatic carbocycles. The first kappa shape index (κ1) is 11.6. The van der Waals surface area contributed by atoms with Gasteiger partial charge in [-0.3, -0.25) is 10.1 Å². The summed E-state index contributed by atoms with van der Waals surface area (Å²) in [7, 11) is 1.68.